The zero-order valence-electron chi connectivity index (χ0n) is 12.8. The Labute approximate surface area is 130 Å². The summed E-state index contributed by atoms with van der Waals surface area (Å²) in [5, 5.41) is 11.0. The van der Waals surface area contributed by atoms with Gasteiger partial charge in [0, 0.05) is 22.6 Å². The molecule has 2 N–H and O–H groups in total. The van der Waals surface area contributed by atoms with Gasteiger partial charge < -0.3 is 10.1 Å². The van der Waals surface area contributed by atoms with E-state index in [1.807, 2.05) is 6.92 Å². The molecule has 3 heteroatoms. The number of H-pyrrole nitrogens is 1. The molecule has 0 saturated heterocycles. The van der Waals surface area contributed by atoms with Crippen LogP contribution < -0.4 is 0 Å². The molecule has 0 aliphatic carbocycles. The van der Waals surface area contributed by atoms with E-state index in [9.17, 15) is 5.11 Å². The normalized spacial score (nSPS) is 23.6. The number of para-hydroxylation sites is 1. The van der Waals surface area contributed by atoms with Crippen LogP contribution >= 0.6 is 0 Å². The Morgan fingerprint density at radius 3 is 3.00 bits per heavy atom. The molecule has 112 valence electrons. The van der Waals surface area contributed by atoms with E-state index >= 15 is 0 Å². The Morgan fingerprint density at radius 2 is 2.18 bits per heavy atom. The first-order chi connectivity index (χ1) is 10.8. The van der Waals surface area contributed by atoms with Gasteiger partial charge in [-0.05, 0) is 37.0 Å². The van der Waals surface area contributed by atoms with Gasteiger partial charge in [0.05, 0.1) is 19.2 Å². The number of hydrogen-bond donors (Lipinski definition) is 2. The van der Waals surface area contributed by atoms with Crippen LogP contribution in [0.1, 0.15) is 30.6 Å². The van der Waals surface area contributed by atoms with E-state index in [0.717, 1.165) is 25.0 Å². The van der Waals surface area contributed by atoms with Gasteiger partial charge in [0.25, 0.3) is 0 Å². The number of aliphatic hydroxyl groups excluding tert-OH is 1. The van der Waals surface area contributed by atoms with E-state index in [2.05, 4.69) is 52.1 Å². The summed E-state index contributed by atoms with van der Waals surface area (Å²) in [6.45, 7) is 2.79. The number of nitrogens with zero attached hydrogens (tertiary/aromatic N) is 1. The van der Waals surface area contributed by atoms with Crippen LogP contribution in [0.3, 0.4) is 0 Å². The Kier molecular flexibility index (Phi) is 3.29. The average molecular weight is 292 g/mol. The lowest BCUT2D eigenvalue weighted by molar-refractivity contribution is 0.132. The molecule has 0 amide bonds. The number of benzene rings is 1. The predicted octanol–water partition coefficient (Wildman–Crippen LogP) is 2.78. The zero-order chi connectivity index (χ0) is 15.1. The Bertz CT molecular complexity index is 806. The third kappa shape index (κ3) is 1.92. The van der Waals surface area contributed by atoms with Crippen LogP contribution in [0.4, 0.5) is 0 Å². The highest BCUT2D eigenvalue weighted by Gasteiger charge is 2.39. The summed E-state index contributed by atoms with van der Waals surface area (Å²) in [7, 11) is 0. The third-order valence-electron chi connectivity index (χ3n) is 5.03. The first kappa shape index (κ1) is 13.6. The number of fused-ring (bicyclic) bond motifs is 6. The fourth-order valence-corrected chi connectivity index (χ4v) is 3.98. The smallest absolute Gasteiger partial charge is 0.0657 e. The highest BCUT2D eigenvalue weighted by atomic mass is 16.3. The number of hydrogen-bond acceptors (Lipinski definition) is 2. The first-order valence-electron chi connectivity index (χ1n) is 7.88. The van der Waals surface area contributed by atoms with Crippen LogP contribution in [0.15, 0.2) is 35.9 Å². The third-order valence-corrected chi connectivity index (χ3v) is 5.03. The molecule has 2 aliphatic heterocycles. The van der Waals surface area contributed by atoms with Crippen LogP contribution in [-0.2, 0) is 6.42 Å². The van der Waals surface area contributed by atoms with Crippen molar-refractivity contribution < 1.29 is 5.11 Å². The van der Waals surface area contributed by atoms with Gasteiger partial charge in [-0.2, -0.15) is 0 Å². The number of aliphatic hydroxyl groups is 1. The van der Waals surface area contributed by atoms with Gasteiger partial charge in [0.2, 0.25) is 0 Å². The molecule has 0 unspecified atom stereocenters. The molecular weight excluding hydrogens is 272 g/mol. The molecule has 0 spiro atoms. The van der Waals surface area contributed by atoms with Crippen molar-refractivity contribution >= 4 is 10.9 Å². The Balaban J connectivity index is 1.85. The van der Waals surface area contributed by atoms with E-state index in [1.54, 1.807) is 0 Å². The maximum absolute atomic E-state index is 9.72. The molecular formula is C19H20N2O. The molecule has 2 aromatic rings. The molecule has 0 saturated carbocycles. The summed E-state index contributed by atoms with van der Waals surface area (Å²) in [5.74, 6) is 6.21. The first-order valence-corrected chi connectivity index (χ1v) is 7.88. The molecule has 2 bridgehead atoms. The van der Waals surface area contributed by atoms with E-state index in [-0.39, 0.29) is 12.6 Å². The fourth-order valence-electron chi connectivity index (χ4n) is 3.98. The molecule has 3 nitrogen and oxygen atoms in total. The monoisotopic (exact) mass is 292 g/mol. The fraction of sp³-hybridized carbons (Fsp3) is 0.368. The number of rotatable bonds is 2. The van der Waals surface area contributed by atoms with Crippen LogP contribution in [0, 0.1) is 11.8 Å². The molecule has 0 fully saturated rings. The second-order valence-corrected chi connectivity index (χ2v) is 6.07. The standard InChI is InChI=1S/C19H20N2O/c1-2-3-10-21-17-9-8-13(12-22)18(21)11-15-14-6-4-5-7-16(14)20-19(15)17/h4-8,17-18,20,22H,9-12H2,1H3/t17-,18-/m0/s1. The molecule has 1 aromatic heterocycles. The maximum atomic E-state index is 9.72. The molecule has 4 rings (SSSR count). The second kappa shape index (κ2) is 5.31. The lowest BCUT2D eigenvalue weighted by Gasteiger charge is -2.44. The maximum Gasteiger partial charge on any atom is 0.0657 e. The number of aromatic nitrogens is 1. The molecule has 0 radical (unpaired) electrons. The van der Waals surface area contributed by atoms with E-state index in [1.165, 1.54) is 22.2 Å². The summed E-state index contributed by atoms with van der Waals surface area (Å²) in [4.78, 5) is 6.07. The lowest BCUT2D eigenvalue weighted by atomic mass is 9.82. The summed E-state index contributed by atoms with van der Waals surface area (Å²) >= 11 is 0. The average Bonchev–Trinajstić information content (AvgIpc) is 2.91. The Hall–Kier alpha value is -2.02. The minimum atomic E-state index is 0.144. The summed E-state index contributed by atoms with van der Waals surface area (Å²) in [5.41, 5.74) is 5.12. The number of nitrogens with one attached hydrogen (secondary N) is 1. The highest BCUT2D eigenvalue weighted by Crippen LogP contribution is 2.43. The van der Waals surface area contributed by atoms with Crippen molar-refractivity contribution in [3.05, 3.63) is 47.2 Å². The molecule has 1 aromatic carbocycles. The largest absolute Gasteiger partial charge is 0.392 e. The van der Waals surface area contributed by atoms with Gasteiger partial charge in [-0.15, -0.1) is 5.92 Å². The van der Waals surface area contributed by atoms with E-state index in [4.69, 9.17) is 0 Å². The highest BCUT2D eigenvalue weighted by molar-refractivity contribution is 5.85. The quantitative estimate of drug-likeness (QED) is 0.660. The van der Waals surface area contributed by atoms with Crippen LogP contribution in [0.25, 0.3) is 10.9 Å². The minimum Gasteiger partial charge on any atom is -0.392 e. The predicted molar refractivity (Wildman–Crippen MR) is 88.5 cm³/mol. The molecule has 22 heavy (non-hydrogen) atoms. The van der Waals surface area contributed by atoms with Gasteiger partial charge in [-0.1, -0.05) is 30.2 Å². The van der Waals surface area contributed by atoms with Gasteiger partial charge in [0.1, 0.15) is 0 Å². The van der Waals surface area contributed by atoms with Crippen molar-refractivity contribution in [1.82, 2.24) is 9.88 Å². The van der Waals surface area contributed by atoms with Crippen LogP contribution in [0.5, 0.6) is 0 Å². The van der Waals surface area contributed by atoms with Crippen molar-refractivity contribution in [3.8, 4) is 11.8 Å². The number of aromatic amines is 1. The summed E-state index contributed by atoms with van der Waals surface area (Å²) < 4.78 is 0. The lowest BCUT2D eigenvalue weighted by Crippen LogP contribution is -2.47. The van der Waals surface area contributed by atoms with E-state index < -0.39 is 0 Å². The minimum absolute atomic E-state index is 0.144. The van der Waals surface area contributed by atoms with Gasteiger partial charge >= 0.3 is 0 Å². The Morgan fingerprint density at radius 1 is 1.32 bits per heavy atom. The zero-order valence-corrected chi connectivity index (χ0v) is 12.8. The van der Waals surface area contributed by atoms with Crippen molar-refractivity contribution in [2.45, 2.75) is 31.8 Å². The second-order valence-electron chi connectivity index (χ2n) is 6.07. The topological polar surface area (TPSA) is 39.3 Å². The van der Waals surface area contributed by atoms with E-state index in [0.29, 0.717) is 6.04 Å². The van der Waals surface area contributed by atoms with Crippen LogP contribution in [0.2, 0.25) is 0 Å². The van der Waals surface area contributed by atoms with Crippen molar-refractivity contribution in [2.24, 2.45) is 0 Å². The van der Waals surface area contributed by atoms with Crippen molar-refractivity contribution in [1.29, 1.82) is 0 Å². The van der Waals surface area contributed by atoms with Gasteiger partial charge in [-0.25, -0.2) is 0 Å². The van der Waals surface area contributed by atoms with Crippen LogP contribution in [-0.4, -0.2) is 34.2 Å². The molecule has 3 heterocycles. The van der Waals surface area contributed by atoms with Gasteiger partial charge in [0.15, 0.2) is 0 Å². The molecule has 2 atom stereocenters. The molecule has 2 aliphatic rings. The van der Waals surface area contributed by atoms with Crippen molar-refractivity contribution in [3.63, 3.8) is 0 Å². The summed E-state index contributed by atoms with van der Waals surface area (Å²) in [6.07, 6.45) is 4.12. The summed E-state index contributed by atoms with van der Waals surface area (Å²) in [6, 6.07) is 9.14. The van der Waals surface area contributed by atoms with Crippen molar-refractivity contribution in [2.75, 3.05) is 13.2 Å². The SMILES string of the molecule is CC#CCN1[C@H]2Cc3c([nH]c4ccccc34)[C@@H]1CC=C2CO. The van der Waals surface area contributed by atoms with Gasteiger partial charge in [-0.3, -0.25) is 4.90 Å².